The Kier molecular flexibility index (Phi) is 5.56. The molecule has 0 saturated carbocycles. The minimum atomic E-state index is -1.49. The summed E-state index contributed by atoms with van der Waals surface area (Å²) in [6.07, 6.45) is 1.70. The number of H-pyrrole nitrogens is 1. The molecular formula is C28H25F3N2O3. The van der Waals surface area contributed by atoms with E-state index in [2.05, 4.69) is 22.0 Å². The second-order valence-corrected chi connectivity index (χ2v) is 9.30. The van der Waals surface area contributed by atoms with Gasteiger partial charge in [-0.25, -0.2) is 13.2 Å². The van der Waals surface area contributed by atoms with E-state index < -0.39 is 17.5 Å². The Bertz CT molecular complexity index is 1460. The summed E-state index contributed by atoms with van der Waals surface area (Å²) in [4.78, 5) is 6.03. The lowest BCUT2D eigenvalue weighted by atomic mass is 9.85. The number of fused-ring (bicyclic) bond motifs is 6. The standard InChI is InChI=1S/C28H25F3N2O3/c1-34-17-3-4-23-19(10-17)20-11-25-18-12-27(36-14-15-7-21(29)28(31)22(30)8-15)26(35-2)9-16(18)5-6-33(25)13-24(20)32-23/h3-4,7-10,12,25,32H,5-6,11,13-14H2,1-2H3. The zero-order valence-electron chi connectivity index (χ0n) is 20.0. The van der Waals surface area contributed by atoms with Gasteiger partial charge in [-0.2, -0.15) is 0 Å². The molecule has 4 aromatic rings. The Morgan fingerprint density at radius 2 is 1.78 bits per heavy atom. The molecule has 36 heavy (non-hydrogen) atoms. The van der Waals surface area contributed by atoms with Gasteiger partial charge in [0.15, 0.2) is 29.0 Å². The Morgan fingerprint density at radius 1 is 0.972 bits per heavy atom. The highest BCUT2D eigenvalue weighted by atomic mass is 19.2. The van der Waals surface area contributed by atoms with Gasteiger partial charge in [0.25, 0.3) is 0 Å². The molecular weight excluding hydrogens is 469 g/mol. The van der Waals surface area contributed by atoms with Crippen molar-refractivity contribution in [2.45, 2.75) is 32.0 Å². The molecule has 1 N–H and O–H groups in total. The van der Waals surface area contributed by atoms with Crippen molar-refractivity contribution >= 4 is 10.9 Å². The number of hydrogen-bond donors (Lipinski definition) is 1. The van der Waals surface area contributed by atoms with Gasteiger partial charge in [0.1, 0.15) is 12.4 Å². The van der Waals surface area contributed by atoms with E-state index in [1.807, 2.05) is 18.2 Å². The van der Waals surface area contributed by atoms with Crippen LogP contribution >= 0.6 is 0 Å². The lowest BCUT2D eigenvalue weighted by Crippen LogP contribution is -2.39. The van der Waals surface area contributed by atoms with Crippen molar-refractivity contribution in [3.63, 3.8) is 0 Å². The van der Waals surface area contributed by atoms with E-state index in [0.717, 1.165) is 54.9 Å². The van der Waals surface area contributed by atoms with Crippen molar-refractivity contribution < 1.29 is 27.4 Å². The minimum absolute atomic E-state index is 0.121. The number of methoxy groups -OCH3 is 2. The normalized spacial score (nSPS) is 16.9. The number of aromatic nitrogens is 1. The molecule has 0 bridgehead atoms. The van der Waals surface area contributed by atoms with E-state index in [9.17, 15) is 13.2 Å². The predicted octanol–water partition coefficient (Wildman–Crippen LogP) is 5.84. The highest BCUT2D eigenvalue weighted by Gasteiger charge is 2.35. The van der Waals surface area contributed by atoms with Crippen molar-refractivity contribution in [1.82, 2.24) is 9.88 Å². The van der Waals surface area contributed by atoms with Crippen molar-refractivity contribution in [2.75, 3.05) is 20.8 Å². The number of aromatic amines is 1. The smallest absolute Gasteiger partial charge is 0.194 e. The van der Waals surface area contributed by atoms with Crippen LogP contribution in [0.1, 0.15) is 34.0 Å². The van der Waals surface area contributed by atoms with E-state index >= 15 is 0 Å². The first-order valence-corrected chi connectivity index (χ1v) is 11.8. The SMILES string of the molecule is COc1ccc2[nH]c3c(c2c1)CC1c2cc(OCc4cc(F)c(F)c(F)c4)c(OC)cc2CCN1C3. The summed E-state index contributed by atoms with van der Waals surface area (Å²) in [7, 11) is 3.23. The van der Waals surface area contributed by atoms with Gasteiger partial charge in [-0.1, -0.05) is 0 Å². The number of benzene rings is 3. The number of nitrogens with one attached hydrogen (secondary N) is 1. The van der Waals surface area contributed by atoms with Crippen LogP contribution in [0.3, 0.4) is 0 Å². The topological polar surface area (TPSA) is 46.7 Å². The molecule has 0 amide bonds. The van der Waals surface area contributed by atoms with E-state index in [4.69, 9.17) is 14.2 Å². The van der Waals surface area contributed by atoms with Crippen molar-refractivity contribution in [2.24, 2.45) is 0 Å². The maximum atomic E-state index is 13.7. The van der Waals surface area contributed by atoms with Gasteiger partial charge >= 0.3 is 0 Å². The van der Waals surface area contributed by atoms with Crippen molar-refractivity contribution in [1.29, 1.82) is 0 Å². The number of hydrogen-bond acceptors (Lipinski definition) is 4. The first kappa shape index (κ1) is 22.8. The molecule has 2 aliphatic heterocycles. The van der Waals surface area contributed by atoms with Gasteiger partial charge in [-0.05, 0) is 77.6 Å². The van der Waals surface area contributed by atoms with Crippen LogP contribution in [0.2, 0.25) is 0 Å². The molecule has 3 aromatic carbocycles. The van der Waals surface area contributed by atoms with Gasteiger partial charge in [0, 0.05) is 35.7 Å². The largest absolute Gasteiger partial charge is 0.497 e. The van der Waals surface area contributed by atoms with Crippen LogP contribution in [0, 0.1) is 17.5 Å². The Balaban J connectivity index is 1.34. The average molecular weight is 495 g/mol. The van der Waals surface area contributed by atoms with Gasteiger partial charge in [0.2, 0.25) is 0 Å². The molecule has 0 radical (unpaired) electrons. The maximum absolute atomic E-state index is 13.7. The Hall–Kier alpha value is -3.65. The lowest BCUT2D eigenvalue weighted by Gasteiger charge is -2.40. The van der Waals surface area contributed by atoms with Gasteiger partial charge in [-0.15, -0.1) is 0 Å². The van der Waals surface area contributed by atoms with Crippen LogP contribution in [0.4, 0.5) is 13.2 Å². The van der Waals surface area contributed by atoms with Crippen LogP contribution in [-0.2, 0) is 26.0 Å². The fraction of sp³-hybridized carbons (Fsp3) is 0.286. The molecule has 3 heterocycles. The molecule has 6 rings (SSSR count). The summed E-state index contributed by atoms with van der Waals surface area (Å²) in [6.45, 7) is 1.62. The second-order valence-electron chi connectivity index (χ2n) is 9.30. The fourth-order valence-corrected chi connectivity index (χ4v) is 5.49. The van der Waals surface area contributed by atoms with Crippen LogP contribution < -0.4 is 14.2 Å². The Labute approximate surface area is 206 Å². The van der Waals surface area contributed by atoms with Crippen LogP contribution in [0.25, 0.3) is 10.9 Å². The summed E-state index contributed by atoms with van der Waals surface area (Å²) < 4.78 is 57.6. The zero-order chi connectivity index (χ0) is 25.0. The summed E-state index contributed by atoms with van der Waals surface area (Å²) in [6, 6.07) is 12.1. The number of nitrogens with zero attached hydrogens (tertiary/aromatic N) is 1. The van der Waals surface area contributed by atoms with E-state index in [1.54, 1.807) is 14.2 Å². The molecule has 0 aliphatic carbocycles. The molecule has 1 aromatic heterocycles. The summed E-state index contributed by atoms with van der Waals surface area (Å²) in [5.41, 5.74) is 6.15. The van der Waals surface area contributed by atoms with E-state index in [-0.39, 0.29) is 18.2 Å². The molecule has 0 spiro atoms. The molecule has 2 aliphatic rings. The van der Waals surface area contributed by atoms with Gasteiger partial charge in [-0.3, -0.25) is 4.90 Å². The van der Waals surface area contributed by atoms with E-state index in [0.29, 0.717) is 11.5 Å². The third-order valence-corrected chi connectivity index (χ3v) is 7.29. The fourth-order valence-electron chi connectivity index (χ4n) is 5.49. The monoisotopic (exact) mass is 494 g/mol. The molecule has 1 unspecified atom stereocenters. The third-order valence-electron chi connectivity index (χ3n) is 7.29. The number of rotatable bonds is 5. The van der Waals surface area contributed by atoms with E-state index in [1.165, 1.54) is 22.2 Å². The summed E-state index contributed by atoms with van der Waals surface area (Å²) in [5.74, 6) is -2.11. The number of ether oxygens (including phenoxy) is 3. The average Bonchev–Trinajstić information content (AvgIpc) is 3.25. The lowest BCUT2D eigenvalue weighted by molar-refractivity contribution is 0.158. The summed E-state index contributed by atoms with van der Waals surface area (Å²) in [5, 5.41) is 1.17. The van der Waals surface area contributed by atoms with Crippen molar-refractivity contribution in [3.8, 4) is 17.2 Å². The van der Waals surface area contributed by atoms with Crippen LogP contribution in [-0.4, -0.2) is 30.6 Å². The summed E-state index contributed by atoms with van der Waals surface area (Å²) >= 11 is 0. The van der Waals surface area contributed by atoms with Crippen LogP contribution in [0.5, 0.6) is 17.2 Å². The highest BCUT2D eigenvalue weighted by Crippen LogP contribution is 2.44. The second kappa shape index (κ2) is 8.78. The molecule has 0 fully saturated rings. The van der Waals surface area contributed by atoms with Crippen LogP contribution in [0.15, 0.2) is 42.5 Å². The third kappa shape index (κ3) is 3.76. The molecule has 1 atom stereocenters. The number of halogens is 3. The first-order valence-electron chi connectivity index (χ1n) is 11.8. The highest BCUT2D eigenvalue weighted by molar-refractivity contribution is 5.86. The molecule has 0 saturated heterocycles. The zero-order valence-corrected chi connectivity index (χ0v) is 20.0. The van der Waals surface area contributed by atoms with Gasteiger partial charge < -0.3 is 19.2 Å². The maximum Gasteiger partial charge on any atom is 0.194 e. The first-order chi connectivity index (χ1) is 17.4. The quantitative estimate of drug-likeness (QED) is 0.354. The predicted molar refractivity (Wildman–Crippen MR) is 129 cm³/mol. The van der Waals surface area contributed by atoms with Gasteiger partial charge in [0.05, 0.1) is 14.2 Å². The van der Waals surface area contributed by atoms with Crippen molar-refractivity contribution in [3.05, 3.63) is 87.9 Å². The molecule has 5 nitrogen and oxygen atoms in total. The molecule has 186 valence electrons. The molecule has 8 heteroatoms. The minimum Gasteiger partial charge on any atom is -0.497 e. The Morgan fingerprint density at radius 3 is 2.53 bits per heavy atom.